The Labute approximate surface area is 140 Å². The van der Waals surface area contributed by atoms with Crippen molar-refractivity contribution in [2.75, 3.05) is 26.2 Å². The number of nitrogens with zero attached hydrogens (tertiary/aromatic N) is 5. The minimum Gasteiger partial charge on any atom is -0.337 e. The number of carbonyl (C=O) groups is 1. The van der Waals surface area contributed by atoms with Crippen LogP contribution in [0.2, 0.25) is 0 Å². The normalized spacial score (nSPS) is 16.6. The van der Waals surface area contributed by atoms with Crippen LogP contribution >= 0.6 is 11.3 Å². The Morgan fingerprint density at radius 3 is 2.74 bits per heavy atom. The molecule has 23 heavy (non-hydrogen) atoms. The zero-order valence-electron chi connectivity index (χ0n) is 13.9. The summed E-state index contributed by atoms with van der Waals surface area (Å²) in [7, 11) is 1.94. The van der Waals surface area contributed by atoms with Gasteiger partial charge in [-0.3, -0.25) is 14.4 Å². The molecule has 0 spiro atoms. The fourth-order valence-corrected chi connectivity index (χ4v) is 3.90. The second-order valence-electron chi connectivity index (χ2n) is 6.09. The Kier molecular flexibility index (Phi) is 4.77. The second kappa shape index (κ2) is 6.80. The maximum atomic E-state index is 12.7. The third-order valence-corrected chi connectivity index (χ3v) is 5.20. The molecule has 0 saturated carbocycles. The number of amides is 1. The van der Waals surface area contributed by atoms with E-state index in [9.17, 15) is 4.79 Å². The Morgan fingerprint density at radius 1 is 1.26 bits per heavy atom. The fraction of sp³-hybridized carbons (Fsp3) is 0.562. The molecule has 3 rings (SSSR count). The summed E-state index contributed by atoms with van der Waals surface area (Å²) in [5.74, 6) is 0.135. The van der Waals surface area contributed by atoms with E-state index in [4.69, 9.17) is 0 Å². The maximum absolute atomic E-state index is 12.7. The quantitative estimate of drug-likeness (QED) is 0.860. The summed E-state index contributed by atoms with van der Waals surface area (Å²) in [6.45, 7) is 8.27. The molecule has 0 radical (unpaired) electrons. The van der Waals surface area contributed by atoms with Crippen LogP contribution in [0.3, 0.4) is 0 Å². The predicted molar refractivity (Wildman–Crippen MR) is 90.6 cm³/mol. The van der Waals surface area contributed by atoms with Gasteiger partial charge in [-0.05, 0) is 20.3 Å². The molecule has 1 saturated heterocycles. The molecule has 2 aromatic rings. The molecule has 0 atom stereocenters. The Hall–Kier alpha value is -1.73. The second-order valence-corrected chi connectivity index (χ2v) is 7.29. The van der Waals surface area contributed by atoms with E-state index in [0.29, 0.717) is 0 Å². The minimum atomic E-state index is 0.135. The lowest BCUT2D eigenvalue weighted by molar-refractivity contribution is 0.0765. The number of rotatable bonds is 3. The van der Waals surface area contributed by atoms with E-state index in [1.165, 1.54) is 16.9 Å². The van der Waals surface area contributed by atoms with Gasteiger partial charge < -0.3 is 4.90 Å². The van der Waals surface area contributed by atoms with E-state index in [0.717, 1.165) is 54.7 Å². The number of hydrogen-bond acceptors (Lipinski definition) is 5. The largest absolute Gasteiger partial charge is 0.337 e. The van der Waals surface area contributed by atoms with Crippen LogP contribution < -0.4 is 0 Å². The van der Waals surface area contributed by atoms with Crippen molar-refractivity contribution in [1.82, 2.24) is 24.6 Å². The van der Waals surface area contributed by atoms with E-state index in [-0.39, 0.29) is 5.91 Å². The molecule has 2 aromatic heterocycles. The molecule has 1 fully saturated rings. The average molecular weight is 333 g/mol. The highest BCUT2D eigenvalue weighted by Crippen LogP contribution is 2.20. The van der Waals surface area contributed by atoms with Crippen molar-refractivity contribution in [3.8, 4) is 0 Å². The van der Waals surface area contributed by atoms with Gasteiger partial charge in [0, 0.05) is 51.5 Å². The van der Waals surface area contributed by atoms with E-state index >= 15 is 0 Å². The summed E-state index contributed by atoms with van der Waals surface area (Å²) in [5, 5.41) is 5.18. The molecule has 1 aliphatic rings. The smallest absolute Gasteiger partial charge is 0.265 e. The van der Waals surface area contributed by atoms with Crippen molar-refractivity contribution in [3.63, 3.8) is 0 Å². The van der Waals surface area contributed by atoms with Crippen molar-refractivity contribution in [3.05, 3.63) is 33.5 Å². The van der Waals surface area contributed by atoms with Crippen molar-refractivity contribution in [1.29, 1.82) is 0 Å². The number of aromatic nitrogens is 3. The number of carbonyl (C=O) groups excluding carboxylic acids is 1. The van der Waals surface area contributed by atoms with E-state index in [1.54, 1.807) is 0 Å². The van der Waals surface area contributed by atoms with E-state index in [1.807, 2.05) is 36.7 Å². The van der Waals surface area contributed by atoms with Gasteiger partial charge in [0.1, 0.15) is 4.88 Å². The first-order valence-corrected chi connectivity index (χ1v) is 8.78. The lowest BCUT2D eigenvalue weighted by atomic mass is 10.3. The first-order valence-electron chi connectivity index (χ1n) is 7.96. The molecule has 0 bridgehead atoms. The highest BCUT2D eigenvalue weighted by atomic mass is 32.1. The Bertz CT molecular complexity index is 692. The molecule has 0 N–H and O–H groups in total. The van der Waals surface area contributed by atoms with Crippen LogP contribution in [0, 0.1) is 13.8 Å². The summed E-state index contributed by atoms with van der Waals surface area (Å²) in [4.78, 5) is 22.3. The summed E-state index contributed by atoms with van der Waals surface area (Å²) in [6.07, 6.45) is 4.97. The standard InChI is InChI=1S/C16H23N5OS/c1-12-15(23-13(2)18-12)16(22)21-6-4-5-20(7-8-21)11-14-9-17-19(3)10-14/h9-10H,4-8,11H2,1-3H3. The lowest BCUT2D eigenvalue weighted by Gasteiger charge is -2.21. The third kappa shape index (κ3) is 3.79. The van der Waals surface area contributed by atoms with Crippen molar-refractivity contribution in [2.24, 2.45) is 7.05 Å². The molecule has 124 valence electrons. The molecule has 1 aliphatic heterocycles. The first kappa shape index (κ1) is 16.1. The first-order chi connectivity index (χ1) is 11.0. The summed E-state index contributed by atoms with van der Waals surface area (Å²) >= 11 is 1.50. The molecular formula is C16H23N5OS. The van der Waals surface area contributed by atoms with E-state index in [2.05, 4.69) is 21.2 Å². The predicted octanol–water partition coefficient (Wildman–Crippen LogP) is 1.84. The monoisotopic (exact) mass is 333 g/mol. The average Bonchev–Trinajstić information content (AvgIpc) is 2.96. The number of thiazole rings is 1. The van der Waals surface area contributed by atoms with Gasteiger partial charge in [-0.2, -0.15) is 5.10 Å². The molecular weight excluding hydrogens is 310 g/mol. The molecule has 3 heterocycles. The number of aryl methyl sites for hydroxylation is 3. The topological polar surface area (TPSA) is 54.3 Å². The van der Waals surface area contributed by atoms with Gasteiger partial charge in [-0.1, -0.05) is 0 Å². The van der Waals surface area contributed by atoms with Gasteiger partial charge in [0.25, 0.3) is 5.91 Å². The Balaban J connectivity index is 1.62. The zero-order chi connectivity index (χ0) is 16.4. The van der Waals surface area contributed by atoms with Crippen molar-refractivity contribution < 1.29 is 4.79 Å². The van der Waals surface area contributed by atoms with Gasteiger partial charge in [0.05, 0.1) is 16.9 Å². The maximum Gasteiger partial charge on any atom is 0.265 e. The molecule has 7 heteroatoms. The highest BCUT2D eigenvalue weighted by Gasteiger charge is 2.23. The highest BCUT2D eigenvalue weighted by molar-refractivity contribution is 7.13. The van der Waals surface area contributed by atoms with Crippen LogP contribution in [0.4, 0.5) is 0 Å². The minimum absolute atomic E-state index is 0.135. The van der Waals surface area contributed by atoms with Crippen LogP contribution in [0.1, 0.15) is 32.4 Å². The van der Waals surface area contributed by atoms with Crippen LogP contribution in [0.15, 0.2) is 12.4 Å². The van der Waals surface area contributed by atoms with Crippen LogP contribution in [0.5, 0.6) is 0 Å². The molecule has 1 amide bonds. The van der Waals surface area contributed by atoms with Gasteiger partial charge in [0.2, 0.25) is 0 Å². The van der Waals surface area contributed by atoms with Gasteiger partial charge >= 0.3 is 0 Å². The van der Waals surface area contributed by atoms with Crippen LogP contribution in [-0.4, -0.2) is 56.7 Å². The summed E-state index contributed by atoms with van der Waals surface area (Å²) < 4.78 is 1.83. The van der Waals surface area contributed by atoms with Crippen molar-refractivity contribution >= 4 is 17.2 Å². The Morgan fingerprint density at radius 2 is 2.09 bits per heavy atom. The zero-order valence-corrected chi connectivity index (χ0v) is 14.8. The lowest BCUT2D eigenvalue weighted by Crippen LogP contribution is -2.35. The van der Waals surface area contributed by atoms with Gasteiger partial charge in [0.15, 0.2) is 0 Å². The van der Waals surface area contributed by atoms with Crippen LogP contribution in [0.25, 0.3) is 0 Å². The van der Waals surface area contributed by atoms with Crippen LogP contribution in [-0.2, 0) is 13.6 Å². The number of hydrogen-bond donors (Lipinski definition) is 0. The molecule has 0 aliphatic carbocycles. The fourth-order valence-electron chi connectivity index (χ4n) is 3.02. The molecule has 0 aromatic carbocycles. The van der Waals surface area contributed by atoms with Crippen molar-refractivity contribution in [2.45, 2.75) is 26.8 Å². The van der Waals surface area contributed by atoms with E-state index < -0.39 is 0 Å². The van der Waals surface area contributed by atoms with Gasteiger partial charge in [-0.15, -0.1) is 11.3 Å². The third-order valence-electron chi connectivity index (χ3n) is 4.14. The van der Waals surface area contributed by atoms with Gasteiger partial charge in [-0.25, -0.2) is 4.98 Å². The summed E-state index contributed by atoms with van der Waals surface area (Å²) in [6, 6.07) is 0. The molecule has 0 unspecified atom stereocenters. The summed E-state index contributed by atoms with van der Waals surface area (Å²) in [5.41, 5.74) is 2.08. The SMILES string of the molecule is Cc1nc(C)c(C(=O)N2CCCN(Cc3cnn(C)c3)CC2)s1. The molecule has 6 nitrogen and oxygen atoms in total.